The zero-order valence-electron chi connectivity index (χ0n) is 5.52. The van der Waals surface area contributed by atoms with Crippen molar-refractivity contribution in [2.24, 2.45) is 5.92 Å². The average Bonchev–Trinajstić information content (AvgIpc) is 2.51. The van der Waals surface area contributed by atoms with Gasteiger partial charge in [-0.15, -0.1) is 0 Å². The maximum atomic E-state index is 5.18. The zero-order chi connectivity index (χ0) is 5.82. The Morgan fingerprint density at radius 3 is 2.75 bits per heavy atom. The summed E-state index contributed by atoms with van der Waals surface area (Å²) in [6.45, 7) is 3.92. The maximum Gasteiger partial charge on any atom is 0.0468 e. The number of hydrogen-bond donors (Lipinski definition) is 0. The van der Waals surface area contributed by atoms with E-state index in [4.69, 9.17) is 4.74 Å². The third kappa shape index (κ3) is 2.31. The van der Waals surface area contributed by atoms with Crippen molar-refractivity contribution in [1.82, 2.24) is 0 Å². The Balaban J connectivity index is 1.74. The molecule has 8 heavy (non-hydrogen) atoms. The van der Waals surface area contributed by atoms with Crippen molar-refractivity contribution in [3.8, 4) is 0 Å². The first-order chi connectivity index (χ1) is 3.93. The van der Waals surface area contributed by atoms with Crippen LogP contribution in [-0.4, -0.2) is 13.2 Å². The lowest BCUT2D eigenvalue weighted by atomic mass is 10.3. The lowest BCUT2D eigenvalue weighted by molar-refractivity contribution is 0.141. The summed E-state index contributed by atoms with van der Waals surface area (Å²) >= 11 is 0. The molecular weight excluding hydrogens is 100 g/mol. The van der Waals surface area contributed by atoms with Crippen LogP contribution in [0, 0.1) is 5.92 Å². The SMILES string of the molecule is CCOCCC1CC1. The molecule has 0 saturated heterocycles. The molecule has 0 N–H and O–H groups in total. The predicted molar refractivity (Wildman–Crippen MR) is 33.8 cm³/mol. The van der Waals surface area contributed by atoms with Crippen LogP contribution in [0.1, 0.15) is 26.2 Å². The number of rotatable bonds is 4. The van der Waals surface area contributed by atoms with Crippen LogP contribution in [0.4, 0.5) is 0 Å². The van der Waals surface area contributed by atoms with Crippen molar-refractivity contribution in [1.29, 1.82) is 0 Å². The van der Waals surface area contributed by atoms with Gasteiger partial charge in [-0.25, -0.2) is 0 Å². The summed E-state index contributed by atoms with van der Waals surface area (Å²) in [5.41, 5.74) is 0. The van der Waals surface area contributed by atoms with Gasteiger partial charge in [0, 0.05) is 13.2 Å². The molecule has 0 atom stereocenters. The Bertz CT molecular complexity index is 57.4. The van der Waals surface area contributed by atoms with Crippen molar-refractivity contribution in [2.45, 2.75) is 26.2 Å². The molecule has 0 aromatic carbocycles. The topological polar surface area (TPSA) is 9.23 Å². The Hall–Kier alpha value is -0.0400. The van der Waals surface area contributed by atoms with E-state index in [-0.39, 0.29) is 0 Å². The Kier molecular flexibility index (Phi) is 2.34. The molecule has 1 nitrogen and oxygen atoms in total. The van der Waals surface area contributed by atoms with Gasteiger partial charge < -0.3 is 4.74 Å². The first-order valence-electron chi connectivity index (χ1n) is 3.51. The van der Waals surface area contributed by atoms with Crippen molar-refractivity contribution < 1.29 is 4.74 Å². The van der Waals surface area contributed by atoms with Gasteiger partial charge >= 0.3 is 0 Å². The van der Waals surface area contributed by atoms with Crippen LogP contribution in [0.15, 0.2) is 0 Å². The van der Waals surface area contributed by atoms with Gasteiger partial charge in [-0.2, -0.15) is 0 Å². The Labute approximate surface area is 51.0 Å². The first kappa shape index (κ1) is 6.09. The molecule has 1 heteroatoms. The van der Waals surface area contributed by atoms with E-state index in [9.17, 15) is 0 Å². The van der Waals surface area contributed by atoms with E-state index < -0.39 is 0 Å². The smallest absolute Gasteiger partial charge is 0.0468 e. The highest BCUT2D eigenvalue weighted by Crippen LogP contribution is 2.31. The number of ether oxygens (including phenoxy) is 1. The van der Waals surface area contributed by atoms with Crippen molar-refractivity contribution in [2.75, 3.05) is 13.2 Å². The Morgan fingerprint density at radius 2 is 2.25 bits per heavy atom. The van der Waals surface area contributed by atoms with Gasteiger partial charge in [-0.1, -0.05) is 12.8 Å². The Morgan fingerprint density at radius 1 is 1.50 bits per heavy atom. The minimum atomic E-state index is 0.882. The summed E-state index contributed by atoms with van der Waals surface area (Å²) in [6, 6.07) is 0. The van der Waals surface area contributed by atoms with Gasteiger partial charge in [0.05, 0.1) is 0 Å². The lowest BCUT2D eigenvalue weighted by Gasteiger charge is -1.96. The fraction of sp³-hybridized carbons (Fsp3) is 1.00. The van der Waals surface area contributed by atoms with E-state index in [0.29, 0.717) is 0 Å². The summed E-state index contributed by atoms with van der Waals surface area (Å²) in [5, 5.41) is 0. The van der Waals surface area contributed by atoms with Gasteiger partial charge in [0.2, 0.25) is 0 Å². The quantitative estimate of drug-likeness (QED) is 0.506. The minimum Gasteiger partial charge on any atom is -0.382 e. The van der Waals surface area contributed by atoms with Crippen LogP contribution in [0.3, 0.4) is 0 Å². The highest BCUT2D eigenvalue weighted by molar-refractivity contribution is 4.72. The second-order valence-electron chi connectivity index (χ2n) is 2.43. The van der Waals surface area contributed by atoms with Gasteiger partial charge in [0.15, 0.2) is 0 Å². The van der Waals surface area contributed by atoms with Crippen molar-refractivity contribution in [3.05, 3.63) is 0 Å². The second kappa shape index (κ2) is 3.08. The maximum absolute atomic E-state index is 5.18. The molecule has 0 aromatic rings. The van der Waals surface area contributed by atoms with Crippen LogP contribution >= 0.6 is 0 Å². The molecule has 0 unspecified atom stereocenters. The van der Waals surface area contributed by atoms with Gasteiger partial charge in [-0.05, 0) is 19.3 Å². The highest BCUT2D eigenvalue weighted by atomic mass is 16.5. The van der Waals surface area contributed by atoms with Crippen LogP contribution in [0.2, 0.25) is 0 Å². The summed E-state index contributed by atoms with van der Waals surface area (Å²) in [7, 11) is 0. The fourth-order valence-electron chi connectivity index (χ4n) is 0.801. The molecule has 0 aliphatic heterocycles. The van der Waals surface area contributed by atoms with Crippen LogP contribution in [0.5, 0.6) is 0 Å². The fourth-order valence-corrected chi connectivity index (χ4v) is 0.801. The van der Waals surface area contributed by atoms with Crippen molar-refractivity contribution >= 4 is 0 Å². The van der Waals surface area contributed by atoms with E-state index in [2.05, 4.69) is 0 Å². The van der Waals surface area contributed by atoms with E-state index in [0.717, 1.165) is 19.1 Å². The van der Waals surface area contributed by atoms with Gasteiger partial charge in [0.25, 0.3) is 0 Å². The molecule has 1 rings (SSSR count). The molecular formula is C7H14O. The second-order valence-corrected chi connectivity index (χ2v) is 2.43. The van der Waals surface area contributed by atoms with Crippen LogP contribution < -0.4 is 0 Å². The predicted octanol–water partition coefficient (Wildman–Crippen LogP) is 1.82. The molecule has 0 aromatic heterocycles. The molecule has 1 fully saturated rings. The molecule has 1 aliphatic carbocycles. The normalized spacial score (nSPS) is 19.1. The number of hydrogen-bond acceptors (Lipinski definition) is 1. The standard InChI is InChI=1S/C7H14O/c1-2-8-6-5-7-3-4-7/h7H,2-6H2,1H3. The lowest BCUT2D eigenvalue weighted by Crippen LogP contribution is -1.93. The summed E-state index contributed by atoms with van der Waals surface area (Å²) in [4.78, 5) is 0. The minimum absolute atomic E-state index is 0.882. The summed E-state index contributed by atoms with van der Waals surface area (Å²) in [5.74, 6) is 1.03. The summed E-state index contributed by atoms with van der Waals surface area (Å²) in [6.07, 6.45) is 4.20. The molecule has 0 spiro atoms. The average molecular weight is 114 g/mol. The molecule has 0 amide bonds. The molecule has 0 bridgehead atoms. The van der Waals surface area contributed by atoms with E-state index >= 15 is 0 Å². The van der Waals surface area contributed by atoms with Crippen LogP contribution in [0.25, 0.3) is 0 Å². The molecule has 48 valence electrons. The van der Waals surface area contributed by atoms with E-state index in [1.165, 1.54) is 19.3 Å². The summed E-state index contributed by atoms with van der Waals surface area (Å²) < 4.78 is 5.18. The first-order valence-corrected chi connectivity index (χ1v) is 3.51. The van der Waals surface area contributed by atoms with Gasteiger partial charge in [-0.3, -0.25) is 0 Å². The molecule has 1 aliphatic rings. The molecule has 1 saturated carbocycles. The van der Waals surface area contributed by atoms with Crippen LogP contribution in [-0.2, 0) is 4.74 Å². The third-order valence-electron chi connectivity index (χ3n) is 1.57. The van der Waals surface area contributed by atoms with Gasteiger partial charge in [0.1, 0.15) is 0 Å². The monoisotopic (exact) mass is 114 g/mol. The van der Waals surface area contributed by atoms with E-state index in [1.54, 1.807) is 0 Å². The largest absolute Gasteiger partial charge is 0.382 e. The van der Waals surface area contributed by atoms with E-state index in [1.807, 2.05) is 6.92 Å². The highest BCUT2D eigenvalue weighted by Gasteiger charge is 2.19. The zero-order valence-corrected chi connectivity index (χ0v) is 5.52. The van der Waals surface area contributed by atoms with Crippen molar-refractivity contribution in [3.63, 3.8) is 0 Å². The third-order valence-corrected chi connectivity index (χ3v) is 1.57. The molecule has 0 heterocycles. The molecule has 0 radical (unpaired) electrons.